The lowest BCUT2D eigenvalue weighted by molar-refractivity contribution is 0.282. The molecule has 134 valence electrons. The first-order valence-corrected chi connectivity index (χ1v) is 9.34. The highest BCUT2D eigenvalue weighted by Crippen LogP contribution is 2.23. The molecule has 1 saturated heterocycles. The Labute approximate surface area is 154 Å². The van der Waals surface area contributed by atoms with Crippen molar-refractivity contribution in [2.45, 2.75) is 32.9 Å². The van der Waals surface area contributed by atoms with Gasteiger partial charge >= 0.3 is 0 Å². The maximum absolute atomic E-state index is 9.16. The van der Waals surface area contributed by atoms with E-state index < -0.39 is 0 Å². The van der Waals surface area contributed by atoms with Gasteiger partial charge in [0.05, 0.1) is 29.0 Å². The Kier molecular flexibility index (Phi) is 4.96. The van der Waals surface area contributed by atoms with Crippen molar-refractivity contribution in [1.29, 1.82) is 0 Å². The standard InChI is InChI=1S/C22H25N3O/c1-16-22(24-21-5-3-2-4-20(21)23-16)14-25-11-10-19(13-25)12-17-6-8-18(15-26)9-7-17/h2-9,19,26H,10-15H2,1H3/t19-/m1/s1. The quantitative estimate of drug-likeness (QED) is 0.767. The van der Waals surface area contributed by atoms with Gasteiger partial charge in [-0.2, -0.15) is 0 Å². The molecule has 0 amide bonds. The van der Waals surface area contributed by atoms with E-state index in [0.29, 0.717) is 5.92 Å². The molecule has 2 heterocycles. The Hall–Kier alpha value is -2.30. The van der Waals surface area contributed by atoms with E-state index in [4.69, 9.17) is 15.1 Å². The lowest BCUT2D eigenvalue weighted by Crippen LogP contribution is -2.22. The number of rotatable bonds is 5. The molecular formula is C22H25N3O. The molecule has 1 aromatic heterocycles. The molecule has 0 bridgehead atoms. The average Bonchev–Trinajstić information content (AvgIpc) is 3.10. The monoisotopic (exact) mass is 347 g/mol. The molecule has 1 atom stereocenters. The van der Waals surface area contributed by atoms with E-state index in [1.165, 1.54) is 12.0 Å². The van der Waals surface area contributed by atoms with E-state index in [0.717, 1.165) is 54.0 Å². The summed E-state index contributed by atoms with van der Waals surface area (Å²) in [6, 6.07) is 16.4. The third-order valence-corrected chi connectivity index (χ3v) is 5.32. The maximum atomic E-state index is 9.16. The Morgan fingerprint density at radius 1 is 1.00 bits per heavy atom. The van der Waals surface area contributed by atoms with Crippen molar-refractivity contribution >= 4 is 11.0 Å². The van der Waals surface area contributed by atoms with E-state index in [1.54, 1.807) is 0 Å². The summed E-state index contributed by atoms with van der Waals surface area (Å²) in [7, 11) is 0. The van der Waals surface area contributed by atoms with Gasteiger partial charge in [-0.05, 0) is 55.5 Å². The first kappa shape index (κ1) is 17.1. The molecule has 3 aromatic rings. The van der Waals surface area contributed by atoms with Gasteiger partial charge in [-0.1, -0.05) is 36.4 Å². The van der Waals surface area contributed by atoms with Crippen molar-refractivity contribution in [2.75, 3.05) is 13.1 Å². The molecule has 1 aliphatic heterocycles. The Morgan fingerprint density at radius 3 is 2.42 bits per heavy atom. The number of likely N-dealkylation sites (tertiary alicyclic amines) is 1. The highest BCUT2D eigenvalue weighted by Gasteiger charge is 2.23. The van der Waals surface area contributed by atoms with E-state index in [9.17, 15) is 0 Å². The first-order chi connectivity index (χ1) is 12.7. The van der Waals surface area contributed by atoms with Crippen LogP contribution in [0.3, 0.4) is 0 Å². The summed E-state index contributed by atoms with van der Waals surface area (Å²) in [4.78, 5) is 12.0. The fourth-order valence-corrected chi connectivity index (χ4v) is 3.82. The van der Waals surface area contributed by atoms with Crippen LogP contribution in [0.2, 0.25) is 0 Å². The van der Waals surface area contributed by atoms with Crippen molar-refractivity contribution < 1.29 is 5.11 Å². The van der Waals surface area contributed by atoms with Crippen LogP contribution >= 0.6 is 0 Å². The van der Waals surface area contributed by atoms with Crippen molar-refractivity contribution in [3.63, 3.8) is 0 Å². The zero-order chi connectivity index (χ0) is 17.9. The molecule has 0 aliphatic carbocycles. The molecule has 4 rings (SSSR count). The predicted molar refractivity (Wildman–Crippen MR) is 104 cm³/mol. The number of aryl methyl sites for hydroxylation is 1. The van der Waals surface area contributed by atoms with Crippen LogP contribution in [0.15, 0.2) is 48.5 Å². The number of aromatic nitrogens is 2. The fraction of sp³-hybridized carbons (Fsp3) is 0.364. The molecule has 2 aromatic carbocycles. The number of hydrogen-bond donors (Lipinski definition) is 1. The number of fused-ring (bicyclic) bond motifs is 1. The summed E-state index contributed by atoms with van der Waals surface area (Å²) in [5.41, 5.74) is 6.42. The molecule has 1 aliphatic rings. The van der Waals surface area contributed by atoms with Crippen molar-refractivity contribution in [3.05, 3.63) is 71.0 Å². The van der Waals surface area contributed by atoms with Crippen LogP contribution in [0, 0.1) is 12.8 Å². The summed E-state index contributed by atoms with van der Waals surface area (Å²) in [6.45, 7) is 5.28. The lowest BCUT2D eigenvalue weighted by atomic mass is 9.98. The van der Waals surface area contributed by atoms with E-state index >= 15 is 0 Å². The molecule has 4 nitrogen and oxygen atoms in total. The van der Waals surface area contributed by atoms with Gasteiger partial charge in [-0.25, -0.2) is 9.97 Å². The van der Waals surface area contributed by atoms with Crippen molar-refractivity contribution in [1.82, 2.24) is 14.9 Å². The third-order valence-electron chi connectivity index (χ3n) is 5.32. The molecule has 0 saturated carbocycles. The van der Waals surface area contributed by atoms with Gasteiger partial charge in [0.25, 0.3) is 0 Å². The molecule has 4 heteroatoms. The van der Waals surface area contributed by atoms with E-state index in [-0.39, 0.29) is 6.61 Å². The molecule has 1 fully saturated rings. The smallest absolute Gasteiger partial charge is 0.0890 e. The van der Waals surface area contributed by atoms with Gasteiger partial charge < -0.3 is 5.11 Å². The average molecular weight is 347 g/mol. The number of para-hydroxylation sites is 2. The summed E-state index contributed by atoms with van der Waals surface area (Å²) in [6.07, 6.45) is 2.33. The van der Waals surface area contributed by atoms with Gasteiger partial charge in [0.1, 0.15) is 0 Å². The van der Waals surface area contributed by atoms with E-state index in [1.807, 2.05) is 36.4 Å². The van der Waals surface area contributed by atoms with Gasteiger partial charge in [-0.15, -0.1) is 0 Å². The van der Waals surface area contributed by atoms with Crippen molar-refractivity contribution in [3.8, 4) is 0 Å². The minimum Gasteiger partial charge on any atom is -0.392 e. The number of benzene rings is 2. The zero-order valence-corrected chi connectivity index (χ0v) is 15.2. The number of hydrogen-bond acceptors (Lipinski definition) is 4. The van der Waals surface area contributed by atoms with Gasteiger partial charge in [0.15, 0.2) is 0 Å². The number of aliphatic hydroxyl groups is 1. The first-order valence-electron chi connectivity index (χ1n) is 9.34. The molecule has 1 N–H and O–H groups in total. The summed E-state index contributed by atoms with van der Waals surface area (Å²) in [5, 5.41) is 9.16. The predicted octanol–water partition coefficient (Wildman–Crippen LogP) is 3.50. The van der Waals surface area contributed by atoms with Crippen LogP contribution in [-0.4, -0.2) is 33.1 Å². The second-order valence-electron chi connectivity index (χ2n) is 7.31. The Balaban J connectivity index is 1.40. The number of nitrogens with zero attached hydrogens (tertiary/aromatic N) is 3. The van der Waals surface area contributed by atoms with Crippen LogP contribution in [0.5, 0.6) is 0 Å². The Morgan fingerprint density at radius 2 is 1.69 bits per heavy atom. The summed E-state index contributed by atoms with van der Waals surface area (Å²) in [5.74, 6) is 0.684. The zero-order valence-electron chi connectivity index (χ0n) is 15.2. The molecule has 0 spiro atoms. The maximum Gasteiger partial charge on any atom is 0.0890 e. The summed E-state index contributed by atoms with van der Waals surface area (Å²) >= 11 is 0. The minimum atomic E-state index is 0.115. The second kappa shape index (κ2) is 7.52. The van der Waals surface area contributed by atoms with Crippen molar-refractivity contribution in [2.24, 2.45) is 5.92 Å². The van der Waals surface area contributed by atoms with Gasteiger partial charge in [-0.3, -0.25) is 4.90 Å². The summed E-state index contributed by atoms with van der Waals surface area (Å²) < 4.78 is 0. The van der Waals surface area contributed by atoms with Crippen LogP contribution < -0.4 is 0 Å². The highest BCUT2D eigenvalue weighted by atomic mass is 16.3. The second-order valence-corrected chi connectivity index (χ2v) is 7.31. The van der Waals surface area contributed by atoms with Crippen LogP contribution in [0.25, 0.3) is 11.0 Å². The van der Waals surface area contributed by atoms with Gasteiger partial charge in [0.2, 0.25) is 0 Å². The molecule has 26 heavy (non-hydrogen) atoms. The normalized spacial score (nSPS) is 17.8. The highest BCUT2D eigenvalue weighted by molar-refractivity contribution is 5.74. The van der Waals surface area contributed by atoms with Crippen LogP contribution in [0.4, 0.5) is 0 Å². The molecule has 0 unspecified atom stereocenters. The Bertz CT molecular complexity index is 892. The van der Waals surface area contributed by atoms with Gasteiger partial charge in [0, 0.05) is 13.1 Å². The fourth-order valence-electron chi connectivity index (χ4n) is 3.82. The largest absolute Gasteiger partial charge is 0.392 e. The number of aliphatic hydroxyl groups excluding tert-OH is 1. The minimum absolute atomic E-state index is 0.115. The topological polar surface area (TPSA) is 49.2 Å². The van der Waals surface area contributed by atoms with Crippen LogP contribution in [0.1, 0.15) is 28.9 Å². The third kappa shape index (κ3) is 3.76. The SMILES string of the molecule is Cc1nc2ccccc2nc1CN1CC[C@H](Cc2ccc(CO)cc2)C1. The molecular weight excluding hydrogens is 322 g/mol. The van der Waals surface area contributed by atoms with Crippen LogP contribution in [-0.2, 0) is 19.6 Å². The van der Waals surface area contributed by atoms with E-state index in [2.05, 4.69) is 24.0 Å². The lowest BCUT2D eigenvalue weighted by Gasteiger charge is -2.17. The molecule has 0 radical (unpaired) electrons.